The molecule has 0 atom stereocenters. The first-order valence-corrected chi connectivity index (χ1v) is 14.6. The number of phenolic OH excluding ortho intramolecular Hbond substituents is 1. The first-order valence-electron chi connectivity index (χ1n) is 14.6. The van der Waals surface area contributed by atoms with E-state index in [0.29, 0.717) is 11.3 Å². The van der Waals surface area contributed by atoms with Crippen molar-refractivity contribution in [1.82, 2.24) is 0 Å². The van der Waals surface area contributed by atoms with E-state index in [4.69, 9.17) is 14.2 Å². The lowest BCUT2D eigenvalue weighted by molar-refractivity contribution is 0.0965. The van der Waals surface area contributed by atoms with E-state index >= 15 is 0 Å². The molecule has 0 fully saturated rings. The van der Waals surface area contributed by atoms with Gasteiger partial charge in [0.05, 0.1) is 18.0 Å². The summed E-state index contributed by atoms with van der Waals surface area (Å²) >= 11 is 0. The molecule has 1 amide bonds. The van der Waals surface area contributed by atoms with Crippen LogP contribution in [0.2, 0.25) is 0 Å². The summed E-state index contributed by atoms with van der Waals surface area (Å²) in [6.45, 7) is 2.52. The minimum atomic E-state index is -0.881. The molecule has 0 aliphatic carbocycles. The summed E-state index contributed by atoms with van der Waals surface area (Å²) in [5.74, 6) is 0.110. The molecule has 3 N–H and O–H groups in total. The van der Waals surface area contributed by atoms with Crippen LogP contribution in [0.5, 0.6) is 17.2 Å². The molecule has 3 rings (SSSR count). The van der Waals surface area contributed by atoms with Crippen molar-refractivity contribution < 1.29 is 28.9 Å². The first-order chi connectivity index (χ1) is 20.1. The number of amides is 1. The molecule has 0 spiro atoms. The highest BCUT2D eigenvalue weighted by atomic mass is 16.7. The maximum absolute atomic E-state index is 12.8. The Morgan fingerprint density at radius 2 is 1.37 bits per heavy atom. The third kappa shape index (κ3) is 11.8. The van der Waals surface area contributed by atoms with Crippen LogP contribution in [0.1, 0.15) is 81.5 Å². The van der Waals surface area contributed by atoms with Crippen LogP contribution in [-0.4, -0.2) is 30.5 Å². The van der Waals surface area contributed by atoms with Crippen molar-refractivity contribution in [3.8, 4) is 17.2 Å². The van der Waals surface area contributed by atoms with Gasteiger partial charge in [-0.2, -0.15) is 0 Å². The van der Waals surface area contributed by atoms with Crippen LogP contribution in [0.4, 0.5) is 16.2 Å². The number of unbranched alkanes of at least 4 members (excludes halogenated alkanes) is 9. The molecule has 8 nitrogen and oxygen atoms in total. The molecular weight excluding hydrogens is 520 g/mol. The van der Waals surface area contributed by atoms with Gasteiger partial charge in [-0.15, -0.1) is 0 Å². The second kappa shape index (κ2) is 18.2. The van der Waals surface area contributed by atoms with E-state index in [1.165, 1.54) is 57.1 Å². The van der Waals surface area contributed by atoms with Crippen LogP contribution >= 0.6 is 0 Å². The van der Waals surface area contributed by atoms with Crippen LogP contribution in [0.15, 0.2) is 72.8 Å². The lowest BCUT2D eigenvalue weighted by atomic mass is 10.1. The fourth-order valence-electron chi connectivity index (χ4n) is 4.25. The highest BCUT2D eigenvalue weighted by Gasteiger charge is 2.18. The monoisotopic (exact) mass is 562 g/mol. The summed E-state index contributed by atoms with van der Waals surface area (Å²) in [6, 6.07) is 20.6. The van der Waals surface area contributed by atoms with E-state index in [1.807, 2.05) is 30.3 Å². The highest BCUT2D eigenvalue weighted by Crippen LogP contribution is 2.36. The lowest BCUT2D eigenvalue weighted by Gasteiger charge is -2.16. The average Bonchev–Trinajstić information content (AvgIpc) is 2.99. The molecule has 41 heavy (non-hydrogen) atoms. The number of phenols is 1. The Kier molecular flexibility index (Phi) is 13.9. The molecular formula is C33H42N2O6. The Morgan fingerprint density at radius 1 is 0.756 bits per heavy atom. The van der Waals surface area contributed by atoms with Crippen LogP contribution in [0, 0.1) is 0 Å². The zero-order valence-corrected chi connectivity index (χ0v) is 23.9. The van der Waals surface area contributed by atoms with Crippen molar-refractivity contribution in [1.29, 1.82) is 0 Å². The Bertz CT molecular complexity index is 1190. The lowest BCUT2D eigenvalue weighted by Crippen LogP contribution is -2.16. The number of para-hydroxylation sites is 1. The maximum atomic E-state index is 12.8. The van der Waals surface area contributed by atoms with Crippen LogP contribution in [0.25, 0.3) is 0 Å². The number of ether oxygens (including phenoxy) is 3. The largest absolute Gasteiger partial charge is 0.513 e. The number of carbonyl (C=O) groups excluding carboxylic acids is 2. The fourth-order valence-corrected chi connectivity index (χ4v) is 4.25. The van der Waals surface area contributed by atoms with E-state index in [9.17, 15) is 14.7 Å². The second-order valence-corrected chi connectivity index (χ2v) is 9.85. The Morgan fingerprint density at radius 3 is 2.02 bits per heavy atom. The molecule has 220 valence electrons. The van der Waals surface area contributed by atoms with E-state index in [2.05, 4.69) is 17.6 Å². The van der Waals surface area contributed by atoms with E-state index < -0.39 is 12.1 Å². The van der Waals surface area contributed by atoms with Gasteiger partial charge in [0.15, 0.2) is 12.5 Å². The Balaban J connectivity index is 1.53. The fraction of sp³-hybridized carbons (Fsp3) is 0.394. The number of rotatable bonds is 18. The highest BCUT2D eigenvalue weighted by molar-refractivity contribution is 6.05. The number of hydrogen-bond acceptors (Lipinski definition) is 7. The van der Waals surface area contributed by atoms with Crippen molar-refractivity contribution in [2.75, 3.05) is 24.0 Å². The molecule has 0 saturated carbocycles. The number of hydrogen-bond donors (Lipinski definition) is 3. The summed E-state index contributed by atoms with van der Waals surface area (Å²) in [5, 5.41) is 16.3. The van der Waals surface area contributed by atoms with Crippen LogP contribution in [-0.2, 0) is 4.74 Å². The summed E-state index contributed by atoms with van der Waals surface area (Å²) in [5.41, 5.74) is 0.804. The topological polar surface area (TPSA) is 106 Å². The first kappa shape index (κ1) is 31.3. The molecule has 0 heterocycles. The standard InChI is InChI=1S/C33H42N2O6/c1-2-3-4-5-6-7-8-9-10-17-22-39-33(38)41-31-24-28(34-25-40-27-20-15-12-16-21-27)30(36)23-29(31)35-32(37)26-18-13-11-14-19-26/h11-16,18-21,23-24,34,36H,2-10,17,22,25H2,1H3,(H,35,37). The molecule has 3 aromatic rings. The van der Waals surface area contributed by atoms with Gasteiger partial charge in [-0.3, -0.25) is 4.79 Å². The Hall–Kier alpha value is -4.20. The third-order valence-electron chi connectivity index (χ3n) is 6.54. The van der Waals surface area contributed by atoms with Crippen molar-refractivity contribution in [3.05, 3.63) is 78.4 Å². The molecule has 0 aliphatic heterocycles. The number of aromatic hydroxyl groups is 1. The minimum Gasteiger partial charge on any atom is -0.506 e. The van der Waals surface area contributed by atoms with Crippen molar-refractivity contribution in [3.63, 3.8) is 0 Å². The SMILES string of the molecule is CCCCCCCCCCCCOC(=O)Oc1cc(NCOc2ccccc2)c(O)cc1NC(=O)c1ccccc1. The number of carbonyl (C=O) groups is 2. The van der Waals surface area contributed by atoms with Crippen molar-refractivity contribution in [2.45, 2.75) is 71.1 Å². The Labute approximate surface area is 243 Å². The number of nitrogens with one attached hydrogen (secondary N) is 2. The van der Waals surface area contributed by atoms with E-state index in [1.54, 1.807) is 30.3 Å². The maximum Gasteiger partial charge on any atom is 0.513 e. The zero-order valence-electron chi connectivity index (χ0n) is 23.9. The molecule has 8 heteroatoms. The van der Waals surface area contributed by atoms with Gasteiger partial charge < -0.3 is 30.0 Å². The van der Waals surface area contributed by atoms with Gasteiger partial charge >= 0.3 is 6.16 Å². The van der Waals surface area contributed by atoms with Crippen molar-refractivity contribution >= 4 is 23.4 Å². The smallest absolute Gasteiger partial charge is 0.506 e. The molecule has 0 aromatic heterocycles. The van der Waals surface area contributed by atoms with Gasteiger partial charge in [0.2, 0.25) is 0 Å². The summed E-state index contributed by atoms with van der Waals surface area (Å²) in [4.78, 5) is 25.3. The molecule has 0 aliphatic rings. The van der Waals surface area contributed by atoms with Gasteiger partial charge in [0.1, 0.15) is 11.5 Å². The third-order valence-corrected chi connectivity index (χ3v) is 6.54. The number of anilines is 2. The van der Waals surface area contributed by atoms with Gasteiger partial charge in [0, 0.05) is 17.7 Å². The summed E-state index contributed by atoms with van der Waals surface area (Å²) in [7, 11) is 0. The van der Waals surface area contributed by atoms with E-state index in [0.717, 1.165) is 19.3 Å². The summed E-state index contributed by atoms with van der Waals surface area (Å²) in [6.07, 6.45) is 10.9. The molecule has 0 saturated heterocycles. The van der Waals surface area contributed by atoms with E-state index in [-0.39, 0.29) is 36.2 Å². The average molecular weight is 563 g/mol. The van der Waals surface area contributed by atoms with Crippen LogP contribution < -0.4 is 20.1 Å². The summed E-state index contributed by atoms with van der Waals surface area (Å²) < 4.78 is 16.4. The van der Waals surface area contributed by atoms with Gasteiger partial charge in [-0.1, -0.05) is 101 Å². The zero-order chi connectivity index (χ0) is 29.1. The normalized spacial score (nSPS) is 10.6. The predicted molar refractivity (Wildman–Crippen MR) is 162 cm³/mol. The molecule has 0 bridgehead atoms. The molecule has 0 unspecified atom stereocenters. The minimum absolute atomic E-state index is 0.0300. The number of benzene rings is 3. The quantitative estimate of drug-likeness (QED) is 0.0469. The van der Waals surface area contributed by atoms with Gasteiger partial charge in [0.25, 0.3) is 5.91 Å². The van der Waals surface area contributed by atoms with Crippen molar-refractivity contribution in [2.24, 2.45) is 0 Å². The van der Waals surface area contributed by atoms with Gasteiger partial charge in [-0.25, -0.2) is 4.79 Å². The predicted octanol–water partition coefficient (Wildman–Crippen LogP) is 8.53. The van der Waals surface area contributed by atoms with Crippen LogP contribution in [0.3, 0.4) is 0 Å². The second-order valence-electron chi connectivity index (χ2n) is 9.85. The van der Waals surface area contributed by atoms with Gasteiger partial charge in [-0.05, 0) is 30.7 Å². The molecule has 0 radical (unpaired) electrons. The molecule has 3 aromatic carbocycles.